The highest BCUT2D eigenvalue weighted by atomic mass is 35.5. The van der Waals surface area contributed by atoms with E-state index in [0.29, 0.717) is 0 Å². The molecule has 1 N–H and O–H groups in total. The summed E-state index contributed by atoms with van der Waals surface area (Å²) in [6.07, 6.45) is -4.60. The maximum atomic E-state index is 13.1. The van der Waals surface area contributed by atoms with Gasteiger partial charge in [-0.2, -0.15) is 13.2 Å². The third-order valence-electron chi connectivity index (χ3n) is 3.22. The zero-order chi connectivity index (χ0) is 17.9. The van der Waals surface area contributed by atoms with Crippen LogP contribution >= 0.6 is 23.4 Å². The Morgan fingerprint density at radius 3 is 2.54 bits per heavy atom. The van der Waals surface area contributed by atoms with Crippen LogP contribution in [0.4, 0.5) is 18.9 Å². The molecule has 0 saturated heterocycles. The molecule has 7 heteroatoms. The van der Waals surface area contributed by atoms with Gasteiger partial charge in [-0.05, 0) is 44.2 Å². The van der Waals surface area contributed by atoms with E-state index in [2.05, 4.69) is 5.32 Å². The SMILES string of the molecule is Cc1cccc(SC(C)C(=O)Nc2ccc(Cl)cc2C(F)(F)F)c1. The second kappa shape index (κ2) is 7.49. The van der Waals surface area contributed by atoms with E-state index in [1.165, 1.54) is 17.8 Å². The van der Waals surface area contributed by atoms with Gasteiger partial charge < -0.3 is 5.32 Å². The fourth-order valence-corrected chi connectivity index (χ4v) is 3.20. The molecule has 0 saturated carbocycles. The Morgan fingerprint density at radius 1 is 1.21 bits per heavy atom. The summed E-state index contributed by atoms with van der Waals surface area (Å²) in [7, 11) is 0. The standard InChI is InChI=1S/C17H15ClF3NOS/c1-10-4-3-5-13(8-10)24-11(2)16(23)22-15-7-6-12(18)9-14(15)17(19,20)21/h3-9,11H,1-2H3,(H,22,23). The van der Waals surface area contributed by atoms with Gasteiger partial charge in [0.2, 0.25) is 5.91 Å². The molecule has 2 rings (SSSR count). The van der Waals surface area contributed by atoms with Gasteiger partial charge in [0.1, 0.15) is 0 Å². The largest absolute Gasteiger partial charge is 0.418 e. The number of thioether (sulfide) groups is 1. The van der Waals surface area contributed by atoms with Crippen LogP contribution in [0.3, 0.4) is 0 Å². The van der Waals surface area contributed by atoms with E-state index in [4.69, 9.17) is 11.6 Å². The average Bonchev–Trinajstić information content (AvgIpc) is 2.48. The molecule has 0 aromatic heterocycles. The van der Waals surface area contributed by atoms with Crippen molar-refractivity contribution in [3.05, 3.63) is 58.6 Å². The lowest BCUT2D eigenvalue weighted by molar-refractivity contribution is -0.137. The molecule has 0 heterocycles. The minimum atomic E-state index is -4.60. The number of amides is 1. The molecule has 0 aliphatic carbocycles. The van der Waals surface area contributed by atoms with Crippen LogP contribution in [0.25, 0.3) is 0 Å². The van der Waals surface area contributed by atoms with Crippen molar-refractivity contribution in [1.82, 2.24) is 0 Å². The number of alkyl halides is 3. The van der Waals surface area contributed by atoms with E-state index in [9.17, 15) is 18.0 Å². The van der Waals surface area contributed by atoms with E-state index in [1.54, 1.807) is 6.92 Å². The highest BCUT2D eigenvalue weighted by molar-refractivity contribution is 8.00. The van der Waals surface area contributed by atoms with Crippen LogP contribution in [0.2, 0.25) is 5.02 Å². The average molecular weight is 374 g/mol. The molecule has 0 aliphatic rings. The first-order chi connectivity index (χ1) is 11.2. The fourth-order valence-electron chi connectivity index (χ4n) is 2.04. The molecule has 2 aromatic rings. The third kappa shape index (κ3) is 4.92. The van der Waals surface area contributed by atoms with Gasteiger partial charge in [-0.1, -0.05) is 29.3 Å². The lowest BCUT2D eigenvalue weighted by atomic mass is 10.1. The minimum Gasteiger partial charge on any atom is -0.325 e. The Hall–Kier alpha value is -1.66. The van der Waals surface area contributed by atoms with Crippen molar-refractivity contribution in [3.63, 3.8) is 0 Å². The molecular formula is C17H15ClF3NOS. The van der Waals surface area contributed by atoms with Gasteiger partial charge in [-0.25, -0.2) is 0 Å². The molecule has 1 amide bonds. The van der Waals surface area contributed by atoms with E-state index in [0.717, 1.165) is 22.6 Å². The highest BCUT2D eigenvalue weighted by Gasteiger charge is 2.34. The lowest BCUT2D eigenvalue weighted by Gasteiger charge is -2.16. The van der Waals surface area contributed by atoms with Gasteiger partial charge in [0, 0.05) is 9.92 Å². The molecule has 0 spiro atoms. The van der Waals surface area contributed by atoms with Crippen LogP contribution in [0, 0.1) is 6.92 Å². The predicted molar refractivity (Wildman–Crippen MR) is 91.6 cm³/mol. The highest BCUT2D eigenvalue weighted by Crippen LogP contribution is 2.37. The first-order valence-corrected chi connectivity index (χ1v) is 8.33. The number of hydrogen-bond donors (Lipinski definition) is 1. The van der Waals surface area contributed by atoms with Crippen molar-refractivity contribution in [2.45, 2.75) is 30.2 Å². The predicted octanol–water partition coefficient (Wildman–Crippen LogP) is 5.79. The number of hydrogen-bond acceptors (Lipinski definition) is 2. The van der Waals surface area contributed by atoms with E-state index >= 15 is 0 Å². The summed E-state index contributed by atoms with van der Waals surface area (Å²) in [5, 5.41) is 1.75. The quantitative estimate of drug-likeness (QED) is 0.687. The van der Waals surface area contributed by atoms with Crippen molar-refractivity contribution in [1.29, 1.82) is 0 Å². The number of nitrogens with one attached hydrogen (secondary N) is 1. The third-order valence-corrected chi connectivity index (χ3v) is 4.55. The van der Waals surface area contributed by atoms with Gasteiger partial charge in [0.15, 0.2) is 0 Å². The normalized spacial score (nSPS) is 12.8. The van der Waals surface area contributed by atoms with Crippen molar-refractivity contribution in [3.8, 4) is 0 Å². The second-order valence-electron chi connectivity index (χ2n) is 5.25. The summed E-state index contributed by atoms with van der Waals surface area (Å²) in [6.45, 7) is 3.57. The van der Waals surface area contributed by atoms with Crippen molar-refractivity contribution in [2.24, 2.45) is 0 Å². The molecule has 24 heavy (non-hydrogen) atoms. The number of carbonyl (C=O) groups is 1. The molecule has 0 aliphatic heterocycles. The Morgan fingerprint density at radius 2 is 1.92 bits per heavy atom. The molecule has 0 fully saturated rings. The summed E-state index contributed by atoms with van der Waals surface area (Å²) >= 11 is 6.91. The Bertz CT molecular complexity index is 749. The summed E-state index contributed by atoms with van der Waals surface area (Å²) in [5.74, 6) is -0.505. The van der Waals surface area contributed by atoms with Gasteiger partial charge in [-0.3, -0.25) is 4.79 Å². The lowest BCUT2D eigenvalue weighted by Crippen LogP contribution is -2.24. The first-order valence-electron chi connectivity index (χ1n) is 7.08. The van der Waals surface area contributed by atoms with Crippen molar-refractivity contribution < 1.29 is 18.0 Å². The number of aryl methyl sites for hydroxylation is 1. The number of carbonyl (C=O) groups excluding carboxylic acids is 1. The van der Waals surface area contributed by atoms with Crippen molar-refractivity contribution >= 4 is 35.0 Å². The van der Waals surface area contributed by atoms with Crippen LogP contribution in [-0.2, 0) is 11.0 Å². The molecule has 0 radical (unpaired) electrons. The smallest absolute Gasteiger partial charge is 0.325 e. The van der Waals surface area contributed by atoms with Crippen molar-refractivity contribution in [2.75, 3.05) is 5.32 Å². The zero-order valence-corrected chi connectivity index (χ0v) is 14.5. The molecule has 1 unspecified atom stereocenters. The molecule has 128 valence electrons. The van der Waals surface area contributed by atoms with Gasteiger partial charge in [0.05, 0.1) is 16.5 Å². The Balaban J connectivity index is 2.14. The van der Waals surface area contributed by atoms with E-state index < -0.39 is 22.9 Å². The molecule has 0 bridgehead atoms. The second-order valence-corrected chi connectivity index (χ2v) is 7.10. The van der Waals surface area contributed by atoms with Crippen LogP contribution in [0.1, 0.15) is 18.1 Å². The van der Waals surface area contributed by atoms with Crippen LogP contribution in [0.15, 0.2) is 47.4 Å². The van der Waals surface area contributed by atoms with Gasteiger partial charge >= 0.3 is 6.18 Å². The Labute approximate surface area is 147 Å². The summed E-state index contributed by atoms with van der Waals surface area (Å²) < 4.78 is 39.2. The fraction of sp³-hybridized carbons (Fsp3) is 0.235. The van der Waals surface area contributed by atoms with Gasteiger partial charge in [0.25, 0.3) is 0 Å². The molecule has 2 aromatic carbocycles. The van der Waals surface area contributed by atoms with E-state index in [1.807, 2.05) is 31.2 Å². The number of rotatable bonds is 4. The van der Waals surface area contributed by atoms with Crippen LogP contribution in [0.5, 0.6) is 0 Å². The number of anilines is 1. The van der Waals surface area contributed by atoms with Crippen LogP contribution in [-0.4, -0.2) is 11.2 Å². The number of benzene rings is 2. The Kier molecular flexibility index (Phi) is 5.83. The zero-order valence-electron chi connectivity index (χ0n) is 12.9. The number of halogens is 4. The minimum absolute atomic E-state index is 0.0393. The van der Waals surface area contributed by atoms with Crippen LogP contribution < -0.4 is 5.32 Å². The van der Waals surface area contributed by atoms with E-state index in [-0.39, 0.29) is 10.7 Å². The maximum absolute atomic E-state index is 13.1. The monoisotopic (exact) mass is 373 g/mol. The molecule has 2 nitrogen and oxygen atoms in total. The summed E-state index contributed by atoms with van der Waals surface area (Å²) in [4.78, 5) is 13.1. The first kappa shape index (κ1) is 18.7. The molecule has 1 atom stereocenters. The topological polar surface area (TPSA) is 29.1 Å². The maximum Gasteiger partial charge on any atom is 0.418 e. The molecular weight excluding hydrogens is 359 g/mol. The van der Waals surface area contributed by atoms with Gasteiger partial charge in [-0.15, -0.1) is 11.8 Å². The summed E-state index contributed by atoms with van der Waals surface area (Å²) in [6, 6.07) is 10.8. The summed E-state index contributed by atoms with van der Waals surface area (Å²) in [5.41, 5.74) is -0.214.